The molecule has 0 radical (unpaired) electrons. The summed E-state index contributed by atoms with van der Waals surface area (Å²) in [7, 11) is 0. The third-order valence-electron chi connectivity index (χ3n) is 2.75. The number of nitrogens with zero attached hydrogens (tertiary/aromatic N) is 1. The second-order valence-electron chi connectivity index (χ2n) is 4.28. The molecule has 0 aliphatic heterocycles. The molecule has 0 aliphatic rings. The van der Waals surface area contributed by atoms with Gasteiger partial charge in [0.25, 0.3) is 0 Å². The molecule has 2 N–H and O–H groups in total. The number of nitrogens with two attached hydrogens (primary N) is 1. The summed E-state index contributed by atoms with van der Waals surface area (Å²) < 4.78 is 5.66. The summed E-state index contributed by atoms with van der Waals surface area (Å²) in [5, 5.41) is 0. The van der Waals surface area contributed by atoms with Crippen molar-refractivity contribution in [3.05, 3.63) is 59.4 Å². The molecule has 0 aliphatic carbocycles. The number of ether oxygens (including phenoxy) is 1. The first kappa shape index (κ1) is 12.6. The van der Waals surface area contributed by atoms with Gasteiger partial charge in [-0.1, -0.05) is 24.3 Å². The van der Waals surface area contributed by atoms with Crippen molar-refractivity contribution in [3.8, 4) is 5.75 Å². The van der Waals surface area contributed by atoms with Crippen LogP contribution in [0.25, 0.3) is 0 Å². The molecule has 3 heteroatoms. The zero-order valence-corrected chi connectivity index (χ0v) is 10.6. The first-order chi connectivity index (χ1) is 8.78. The quantitative estimate of drug-likeness (QED) is 0.876. The minimum absolute atomic E-state index is 0.563. The predicted molar refractivity (Wildman–Crippen MR) is 72.5 cm³/mol. The number of rotatable bonds is 5. The lowest BCUT2D eigenvalue weighted by Crippen LogP contribution is -2.03. The van der Waals surface area contributed by atoms with Gasteiger partial charge in [0.2, 0.25) is 0 Å². The third-order valence-corrected chi connectivity index (χ3v) is 2.75. The van der Waals surface area contributed by atoms with E-state index in [0.29, 0.717) is 13.2 Å². The van der Waals surface area contributed by atoms with Crippen LogP contribution < -0.4 is 10.5 Å². The van der Waals surface area contributed by atoms with Crippen molar-refractivity contribution in [3.63, 3.8) is 0 Å². The van der Waals surface area contributed by atoms with Gasteiger partial charge in [-0.25, -0.2) is 0 Å². The topological polar surface area (TPSA) is 48.1 Å². The van der Waals surface area contributed by atoms with Gasteiger partial charge in [-0.3, -0.25) is 4.98 Å². The predicted octanol–water partition coefficient (Wildman–Crippen LogP) is 2.47. The molecule has 0 bridgehead atoms. The fourth-order valence-corrected chi connectivity index (χ4v) is 1.68. The number of aryl methyl sites for hydroxylation is 1. The molecule has 94 valence electrons. The Hall–Kier alpha value is -1.87. The van der Waals surface area contributed by atoms with E-state index in [1.54, 1.807) is 6.20 Å². The lowest BCUT2D eigenvalue weighted by molar-refractivity contribution is 0.305. The molecular formula is C15H18N2O. The fourth-order valence-electron chi connectivity index (χ4n) is 1.68. The molecule has 0 spiro atoms. The summed E-state index contributed by atoms with van der Waals surface area (Å²) in [4.78, 5) is 4.19. The number of hydrogen-bond donors (Lipinski definition) is 1. The molecule has 2 rings (SSSR count). The molecule has 2 aromatic rings. The van der Waals surface area contributed by atoms with Crippen LogP contribution >= 0.6 is 0 Å². The van der Waals surface area contributed by atoms with Crippen LogP contribution in [0.4, 0.5) is 0 Å². The van der Waals surface area contributed by atoms with Gasteiger partial charge in [0.05, 0.1) is 6.20 Å². The second-order valence-corrected chi connectivity index (χ2v) is 4.28. The number of benzene rings is 1. The van der Waals surface area contributed by atoms with E-state index in [9.17, 15) is 0 Å². The van der Waals surface area contributed by atoms with Crippen molar-refractivity contribution in [2.75, 3.05) is 6.54 Å². The SMILES string of the molecule is Cc1ccc(OCc2ccc(CCN)cc2)cn1. The Kier molecular flexibility index (Phi) is 4.31. The highest BCUT2D eigenvalue weighted by molar-refractivity contribution is 5.24. The summed E-state index contributed by atoms with van der Waals surface area (Å²) in [6.07, 6.45) is 2.67. The van der Waals surface area contributed by atoms with Crippen LogP contribution in [0, 0.1) is 6.92 Å². The van der Waals surface area contributed by atoms with Gasteiger partial charge in [0, 0.05) is 5.69 Å². The van der Waals surface area contributed by atoms with Crippen LogP contribution in [0.3, 0.4) is 0 Å². The van der Waals surface area contributed by atoms with Crippen molar-refractivity contribution in [1.82, 2.24) is 4.98 Å². The van der Waals surface area contributed by atoms with Crippen molar-refractivity contribution in [2.45, 2.75) is 20.0 Å². The van der Waals surface area contributed by atoms with Gasteiger partial charge in [0.15, 0.2) is 0 Å². The molecule has 1 aromatic carbocycles. The molecule has 0 fully saturated rings. The van der Waals surface area contributed by atoms with Crippen molar-refractivity contribution < 1.29 is 4.74 Å². The van der Waals surface area contributed by atoms with Gasteiger partial charge in [-0.05, 0) is 43.1 Å². The summed E-state index contributed by atoms with van der Waals surface area (Å²) in [5.74, 6) is 0.798. The zero-order chi connectivity index (χ0) is 12.8. The Balaban J connectivity index is 1.91. The summed E-state index contributed by atoms with van der Waals surface area (Å²) in [5.41, 5.74) is 8.92. The lowest BCUT2D eigenvalue weighted by atomic mass is 10.1. The third kappa shape index (κ3) is 3.57. The van der Waals surface area contributed by atoms with Gasteiger partial charge >= 0.3 is 0 Å². The molecule has 3 nitrogen and oxygen atoms in total. The highest BCUT2D eigenvalue weighted by Gasteiger charge is 1.97. The maximum absolute atomic E-state index is 5.66. The fraction of sp³-hybridized carbons (Fsp3) is 0.267. The molecule has 0 saturated heterocycles. The van der Waals surface area contributed by atoms with Gasteiger partial charge in [-0.2, -0.15) is 0 Å². The van der Waals surface area contributed by atoms with E-state index >= 15 is 0 Å². The first-order valence-corrected chi connectivity index (χ1v) is 6.11. The smallest absolute Gasteiger partial charge is 0.138 e. The Morgan fingerprint density at radius 1 is 1.06 bits per heavy atom. The van der Waals surface area contributed by atoms with Gasteiger partial charge in [-0.15, -0.1) is 0 Å². The molecule has 0 saturated carbocycles. The van der Waals surface area contributed by atoms with E-state index in [2.05, 4.69) is 29.2 Å². The molecule has 1 heterocycles. The highest BCUT2D eigenvalue weighted by atomic mass is 16.5. The number of pyridine rings is 1. The molecule has 1 aromatic heterocycles. The van der Waals surface area contributed by atoms with E-state index in [4.69, 9.17) is 10.5 Å². The van der Waals surface area contributed by atoms with Crippen LogP contribution in [0.15, 0.2) is 42.6 Å². The summed E-state index contributed by atoms with van der Waals surface area (Å²) in [6, 6.07) is 12.2. The Morgan fingerprint density at radius 3 is 2.39 bits per heavy atom. The second kappa shape index (κ2) is 6.17. The minimum atomic E-state index is 0.563. The maximum Gasteiger partial charge on any atom is 0.138 e. The number of hydrogen-bond acceptors (Lipinski definition) is 3. The Bertz CT molecular complexity index is 477. The van der Waals surface area contributed by atoms with Crippen molar-refractivity contribution >= 4 is 0 Å². The molecule has 0 amide bonds. The first-order valence-electron chi connectivity index (χ1n) is 6.11. The average Bonchev–Trinajstić information content (AvgIpc) is 2.40. The van der Waals surface area contributed by atoms with Crippen LogP contribution in [0.2, 0.25) is 0 Å². The largest absolute Gasteiger partial charge is 0.487 e. The van der Waals surface area contributed by atoms with Crippen LogP contribution in [-0.2, 0) is 13.0 Å². The van der Waals surface area contributed by atoms with E-state index < -0.39 is 0 Å². The average molecular weight is 242 g/mol. The van der Waals surface area contributed by atoms with E-state index in [1.807, 2.05) is 19.1 Å². The van der Waals surface area contributed by atoms with E-state index in [0.717, 1.165) is 23.4 Å². The molecular weight excluding hydrogens is 224 g/mol. The molecule has 0 unspecified atom stereocenters. The van der Waals surface area contributed by atoms with Crippen LogP contribution in [0.1, 0.15) is 16.8 Å². The summed E-state index contributed by atoms with van der Waals surface area (Å²) in [6.45, 7) is 3.21. The van der Waals surface area contributed by atoms with Crippen LogP contribution in [0.5, 0.6) is 5.75 Å². The molecule has 0 atom stereocenters. The molecule has 18 heavy (non-hydrogen) atoms. The van der Waals surface area contributed by atoms with Crippen molar-refractivity contribution in [2.24, 2.45) is 5.73 Å². The van der Waals surface area contributed by atoms with E-state index in [1.165, 1.54) is 5.56 Å². The normalized spacial score (nSPS) is 10.3. The van der Waals surface area contributed by atoms with Crippen molar-refractivity contribution in [1.29, 1.82) is 0 Å². The standard InChI is InChI=1S/C15H18N2O/c1-12-2-7-15(10-17-12)18-11-14-5-3-13(4-6-14)8-9-16/h2-7,10H,8-9,11,16H2,1H3. The monoisotopic (exact) mass is 242 g/mol. The Labute approximate surface area is 108 Å². The highest BCUT2D eigenvalue weighted by Crippen LogP contribution is 2.12. The maximum atomic E-state index is 5.66. The Morgan fingerprint density at radius 2 is 1.78 bits per heavy atom. The zero-order valence-electron chi connectivity index (χ0n) is 10.6. The minimum Gasteiger partial charge on any atom is -0.487 e. The van der Waals surface area contributed by atoms with E-state index in [-0.39, 0.29) is 0 Å². The lowest BCUT2D eigenvalue weighted by Gasteiger charge is -2.07. The van der Waals surface area contributed by atoms with Gasteiger partial charge in [0.1, 0.15) is 12.4 Å². The summed E-state index contributed by atoms with van der Waals surface area (Å²) >= 11 is 0. The van der Waals surface area contributed by atoms with Crippen LogP contribution in [-0.4, -0.2) is 11.5 Å². The number of aromatic nitrogens is 1. The van der Waals surface area contributed by atoms with Gasteiger partial charge < -0.3 is 10.5 Å².